The van der Waals surface area contributed by atoms with Crippen LogP contribution in [0.5, 0.6) is 0 Å². The van der Waals surface area contributed by atoms with Crippen LogP contribution in [-0.4, -0.2) is 17.6 Å². The summed E-state index contributed by atoms with van der Waals surface area (Å²) in [6, 6.07) is 0. The zero-order valence-electron chi connectivity index (χ0n) is 5.69. The van der Waals surface area contributed by atoms with E-state index in [0.29, 0.717) is 0 Å². The lowest BCUT2D eigenvalue weighted by molar-refractivity contribution is -0.00877. The molecule has 56 valence electrons. The monoisotopic (exact) mass is 138 g/mol. The van der Waals surface area contributed by atoms with Gasteiger partial charge in [0.1, 0.15) is 0 Å². The molecule has 0 bridgehead atoms. The Bertz CT molecular complexity index is 77.6. The molecule has 0 heterocycles. The van der Waals surface area contributed by atoms with Gasteiger partial charge in [-0.1, -0.05) is 6.92 Å². The summed E-state index contributed by atoms with van der Waals surface area (Å²) >= 11 is 0. The standard InChI is InChI=1S/C6H12F2O/c1-5(4-9)3-6(2,7)8/h5,9H,3-4H2,1-2H3. The summed E-state index contributed by atoms with van der Waals surface area (Å²) in [7, 11) is 0. The maximum absolute atomic E-state index is 12.0. The molecule has 0 aromatic heterocycles. The second kappa shape index (κ2) is 3.11. The van der Waals surface area contributed by atoms with Gasteiger partial charge in [-0.05, 0) is 12.8 Å². The van der Waals surface area contributed by atoms with Crippen LogP contribution in [0.2, 0.25) is 0 Å². The van der Waals surface area contributed by atoms with Gasteiger partial charge in [0.05, 0.1) is 0 Å². The molecule has 0 aliphatic rings. The van der Waals surface area contributed by atoms with Crippen LogP contribution >= 0.6 is 0 Å². The molecule has 0 aliphatic carbocycles. The first kappa shape index (κ1) is 8.82. The fourth-order valence-corrected chi connectivity index (χ4v) is 0.676. The molecule has 1 nitrogen and oxygen atoms in total. The lowest BCUT2D eigenvalue weighted by Crippen LogP contribution is -2.16. The number of hydrogen-bond acceptors (Lipinski definition) is 1. The molecule has 1 unspecified atom stereocenters. The Balaban J connectivity index is 3.47. The van der Waals surface area contributed by atoms with Crippen LogP contribution in [0.1, 0.15) is 20.3 Å². The van der Waals surface area contributed by atoms with E-state index in [2.05, 4.69) is 0 Å². The molecule has 0 amide bonds. The van der Waals surface area contributed by atoms with E-state index in [1.807, 2.05) is 0 Å². The van der Waals surface area contributed by atoms with Crippen molar-refractivity contribution in [3.63, 3.8) is 0 Å². The van der Waals surface area contributed by atoms with Gasteiger partial charge in [0.2, 0.25) is 5.92 Å². The Kier molecular flexibility index (Phi) is 3.04. The summed E-state index contributed by atoms with van der Waals surface area (Å²) in [5, 5.41) is 8.36. The van der Waals surface area contributed by atoms with Gasteiger partial charge >= 0.3 is 0 Å². The number of alkyl halides is 2. The second-order valence-electron chi connectivity index (χ2n) is 2.56. The van der Waals surface area contributed by atoms with Crippen molar-refractivity contribution in [3.05, 3.63) is 0 Å². The van der Waals surface area contributed by atoms with Crippen molar-refractivity contribution in [2.45, 2.75) is 26.2 Å². The number of aliphatic hydroxyl groups excluding tert-OH is 1. The number of halogens is 2. The molecule has 0 aromatic carbocycles. The van der Waals surface area contributed by atoms with Crippen LogP contribution in [0.4, 0.5) is 8.78 Å². The maximum atomic E-state index is 12.0. The van der Waals surface area contributed by atoms with Crippen LogP contribution < -0.4 is 0 Å². The van der Waals surface area contributed by atoms with E-state index < -0.39 is 5.92 Å². The van der Waals surface area contributed by atoms with Gasteiger partial charge in [-0.15, -0.1) is 0 Å². The van der Waals surface area contributed by atoms with E-state index in [9.17, 15) is 8.78 Å². The molecule has 9 heavy (non-hydrogen) atoms. The van der Waals surface area contributed by atoms with Crippen molar-refractivity contribution in [2.75, 3.05) is 6.61 Å². The van der Waals surface area contributed by atoms with Crippen molar-refractivity contribution in [2.24, 2.45) is 5.92 Å². The van der Waals surface area contributed by atoms with E-state index in [-0.39, 0.29) is 18.9 Å². The summed E-state index contributed by atoms with van der Waals surface area (Å²) in [5.41, 5.74) is 0. The molecule has 0 aromatic rings. The normalized spacial score (nSPS) is 15.7. The van der Waals surface area contributed by atoms with E-state index in [1.54, 1.807) is 6.92 Å². The molecule has 0 saturated heterocycles. The minimum Gasteiger partial charge on any atom is -0.396 e. The number of aliphatic hydroxyl groups is 1. The van der Waals surface area contributed by atoms with Crippen LogP contribution in [0.3, 0.4) is 0 Å². The molecule has 1 atom stereocenters. The highest BCUT2D eigenvalue weighted by molar-refractivity contribution is 4.62. The quantitative estimate of drug-likeness (QED) is 0.628. The highest BCUT2D eigenvalue weighted by Gasteiger charge is 2.23. The predicted octanol–water partition coefficient (Wildman–Crippen LogP) is 1.66. The molecular weight excluding hydrogens is 126 g/mol. The zero-order valence-corrected chi connectivity index (χ0v) is 5.69. The first-order chi connectivity index (χ1) is 3.95. The van der Waals surface area contributed by atoms with Crippen molar-refractivity contribution in [1.29, 1.82) is 0 Å². The largest absolute Gasteiger partial charge is 0.396 e. The van der Waals surface area contributed by atoms with Gasteiger partial charge in [0.15, 0.2) is 0 Å². The van der Waals surface area contributed by atoms with Gasteiger partial charge < -0.3 is 5.11 Å². The minimum atomic E-state index is -2.64. The first-order valence-electron chi connectivity index (χ1n) is 2.94. The summed E-state index contributed by atoms with van der Waals surface area (Å²) in [6.07, 6.45) is -0.233. The van der Waals surface area contributed by atoms with Crippen LogP contribution in [0.25, 0.3) is 0 Å². The zero-order chi connectivity index (χ0) is 7.49. The lowest BCUT2D eigenvalue weighted by atomic mass is 10.1. The van der Waals surface area contributed by atoms with Crippen molar-refractivity contribution < 1.29 is 13.9 Å². The molecule has 3 heteroatoms. The van der Waals surface area contributed by atoms with Crippen LogP contribution in [0, 0.1) is 5.92 Å². The topological polar surface area (TPSA) is 20.2 Å². The number of hydrogen-bond donors (Lipinski definition) is 1. The summed E-state index contributed by atoms with van der Waals surface area (Å²) < 4.78 is 24.1. The summed E-state index contributed by atoms with van der Waals surface area (Å²) in [5.74, 6) is -2.94. The van der Waals surface area contributed by atoms with Gasteiger partial charge in [0, 0.05) is 13.0 Å². The van der Waals surface area contributed by atoms with E-state index in [4.69, 9.17) is 5.11 Å². The summed E-state index contributed by atoms with van der Waals surface area (Å²) in [6.45, 7) is 2.29. The summed E-state index contributed by atoms with van der Waals surface area (Å²) in [4.78, 5) is 0. The molecule has 0 radical (unpaired) electrons. The molecule has 0 aliphatic heterocycles. The lowest BCUT2D eigenvalue weighted by Gasteiger charge is -2.13. The van der Waals surface area contributed by atoms with Crippen molar-refractivity contribution in [1.82, 2.24) is 0 Å². The van der Waals surface area contributed by atoms with Gasteiger partial charge in [-0.2, -0.15) is 0 Å². The molecular formula is C6H12F2O. The maximum Gasteiger partial charge on any atom is 0.245 e. The van der Waals surface area contributed by atoms with Gasteiger partial charge in [0.25, 0.3) is 0 Å². The average Bonchev–Trinajstić information content (AvgIpc) is 1.62. The van der Waals surface area contributed by atoms with Crippen LogP contribution in [-0.2, 0) is 0 Å². The van der Waals surface area contributed by atoms with Crippen molar-refractivity contribution in [3.8, 4) is 0 Å². The Hall–Kier alpha value is -0.180. The Morgan fingerprint density at radius 3 is 2.11 bits per heavy atom. The van der Waals surface area contributed by atoms with Gasteiger partial charge in [-0.25, -0.2) is 8.78 Å². The third-order valence-electron chi connectivity index (χ3n) is 1.02. The van der Waals surface area contributed by atoms with E-state index in [0.717, 1.165) is 6.92 Å². The molecule has 0 saturated carbocycles. The molecule has 0 rings (SSSR count). The fourth-order valence-electron chi connectivity index (χ4n) is 0.676. The van der Waals surface area contributed by atoms with E-state index in [1.165, 1.54) is 0 Å². The fraction of sp³-hybridized carbons (Fsp3) is 1.00. The van der Waals surface area contributed by atoms with Crippen LogP contribution in [0.15, 0.2) is 0 Å². The number of rotatable bonds is 3. The highest BCUT2D eigenvalue weighted by atomic mass is 19.3. The molecule has 1 N–H and O–H groups in total. The third kappa shape index (κ3) is 5.69. The Morgan fingerprint density at radius 1 is 1.56 bits per heavy atom. The predicted molar refractivity (Wildman–Crippen MR) is 31.5 cm³/mol. The smallest absolute Gasteiger partial charge is 0.245 e. The Morgan fingerprint density at radius 2 is 2.00 bits per heavy atom. The highest BCUT2D eigenvalue weighted by Crippen LogP contribution is 2.21. The minimum absolute atomic E-state index is 0.163. The SMILES string of the molecule is CC(CO)CC(C)(F)F. The second-order valence-corrected chi connectivity index (χ2v) is 2.56. The molecule has 0 spiro atoms. The average molecular weight is 138 g/mol. The van der Waals surface area contributed by atoms with E-state index >= 15 is 0 Å². The third-order valence-corrected chi connectivity index (χ3v) is 1.02. The molecule has 0 fully saturated rings. The van der Waals surface area contributed by atoms with Gasteiger partial charge in [-0.3, -0.25) is 0 Å². The first-order valence-corrected chi connectivity index (χ1v) is 2.94. The Labute approximate surface area is 53.7 Å². The van der Waals surface area contributed by atoms with Crippen molar-refractivity contribution >= 4 is 0 Å².